The lowest BCUT2D eigenvalue weighted by Crippen LogP contribution is -2.37. The Labute approximate surface area is 165 Å². The Hall–Kier alpha value is -3.15. The molecule has 0 fully saturated rings. The third-order valence-electron chi connectivity index (χ3n) is 4.50. The van der Waals surface area contributed by atoms with E-state index in [0.29, 0.717) is 11.7 Å². The van der Waals surface area contributed by atoms with Gasteiger partial charge in [-0.2, -0.15) is 4.98 Å². The van der Waals surface area contributed by atoms with Crippen LogP contribution < -0.4 is 4.74 Å². The molecule has 1 heterocycles. The molecule has 1 amide bonds. The van der Waals surface area contributed by atoms with Crippen molar-refractivity contribution in [3.8, 4) is 17.1 Å². The van der Waals surface area contributed by atoms with Crippen molar-refractivity contribution in [2.45, 2.75) is 39.8 Å². The number of hydrogen-bond donors (Lipinski definition) is 0. The number of benzene rings is 2. The van der Waals surface area contributed by atoms with Crippen LogP contribution in [0.25, 0.3) is 11.4 Å². The van der Waals surface area contributed by atoms with Crippen molar-refractivity contribution in [3.05, 3.63) is 65.5 Å². The molecule has 0 aliphatic heterocycles. The number of carbonyl (C=O) groups excluding carboxylic acids is 1. The topological polar surface area (TPSA) is 68.5 Å². The van der Waals surface area contributed by atoms with E-state index in [1.54, 1.807) is 14.0 Å². The van der Waals surface area contributed by atoms with Crippen molar-refractivity contribution in [1.29, 1.82) is 0 Å². The first-order valence-corrected chi connectivity index (χ1v) is 9.37. The van der Waals surface area contributed by atoms with Crippen LogP contribution in [0.15, 0.2) is 53.1 Å². The van der Waals surface area contributed by atoms with E-state index in [1.807, 2.05) is 55.5 Å². The van der Waals surface area contributed by atoms with Gasteiger partial charge in [0.25, 0.3) is 5.91 Å². The number of para-hydroxylation sites is 1. The second-order valence-electron chi connectivity index (χ2n) is 6.80. The van der Waals surface area contributed by atoms with Crippen molar-refractivity contribution in [3.63, 3.8) is 0 Å². The van der Waals surface area contributed by atoms with Crippen LogP contribution in [0.4, 0.5) is 0 Å². The Morgan fingerprint density at radius 1 is 1.21 bits per heavy atom. The molecule has 0 saturated heterocycles. The zero-order chi connectivity index (χ0) is 20.1. The summed E-state index contributed by atoms with van der Waals surface area (Å²) in [6.45, 7) is 6.04. The third kappa shape index (κ3) is 4.57. The van der Waals surface area contributed by atoms with Crippen molar-refractivity contribution in [2.24, 2.45) is 0 Å². The van der Waals surface area contributed by atoms with Gasteiger partial charge >= 0.3 is 0 Å². The van der Waals surface area contributed by atoms with Crippen molar-refractivity contribution in [1.82, 2.24) is 15.0 Å². The summed E-state index contributed by atoms with van der Waals surface area (Å²) < 4.78 is 11.2. The van der Waals surface area contributed by atoms with Crippen LogP contribution in [-0.2, 0) is 17.8 Å². The average Bonchev–Trinajstić information content (AvgIpc) is 3.16. The molecule has 0 aliphatic carbocycles. The molecule has 2 aromatic carbocycles. The van der Waals surface area contributed by atoms with Crippen LogP contribution >= 0.6 is 0 Å². The quantitative estimate of drug-likeness (QED) is 0.620. The van der Waals surface area contributed by atoms with Crippen LogP contribution in [0.2, 0.25) is 0 Å². The number of ether oxygens (including phenoxy) is 1. The van der Waals surface area contributed by atoms with Gasteiger partial charge in [0.2, 0.25) is 11.7 Å². The molecule has 3 rings (SSSR count). The van der Waals surface area contributed by atoms with E-state index >= 15 is 0 Å². The van der Waals surface area contributed by atoms with Gasteiger partial charge in [-0.05, 0) is 38.0 Å². The molecule has 0 saturated carbocycles. The van der Waals surface area contributed by atoms with Crippen molar-refractivity contribution in [2.75, 3.05) is 7.05 Å². The van der Waals surface area contributed by atoms with E-state index in [9.17, 15) is 4.79 Å². The molecule has 1 unspecified atom stereocenters. The molecule has 0 aliphatic rings. The fraction of sp³-hybridized carbons (Fsp3) is 0.318. The number of amides is 1. The molecular formula is C22H25N3O3. The summed E-state index contributed by atoms with van der Waals surface area (Å²) in [4.78, 5) is 18.6. The predicted octanol–water partition coefficient (Wildman–Crippen LogP) is 4.03. The third-order valence-corrected chi connectivity index (χ3v) is 4.50. The van der Waals surface area contributed by atoms with E-state index in [0.717, 1.165) is 28.9 Å². The SMILES string of the molecule is CCc1ccccc1OC(C)C(=O)N(C)Cc1nc(-c2cccc(C)c2)no1. The summed E-state index contributed by atoms with van der Waals surface area (Å²) in [5.74, 6) is 1.48. The minimum absolute atomic E-state index is 0.152. The van der Waals surface area contributed by atoms with E-state index in [1.165, 1.54) is 4.90 Å². The second-order valence-corrected chi connectivity index (χ2v) is 6.80. The number of carbonyl (C=O) groups is 1. The number of hydrogen-bond acceptors (Lipinski definition) is 5. The first kappa shape index (κ1) is 19.6. The average molecular weight is 379 g/mol. The summed E-state index contributed by atoms with van der Waals surface area (Å²) in [6, 6.07) is 15.6. The molecule has 28 heavy (non-hydrogen) atoms. The molecule has 0 spiro atoms. The highest BCUT2D eigenvalue weighted by molar-refractivity contribution is 5.80. The minimum atomic E-state index is -0.614. The molecule has 0 radical (unpaired) electrons. The van der Waals surface area contributed by atoms with Crippen LogP contribution in [0.1, 0.15) is 30.9 Å². The molecule has 1 atom stereocenters. The van der Waals surface area contributed by atoms with Gasteiger partial charge in [-0.1, -0.05) is 54.0 Å². The second kappa shape index (κ2) is 8.69. The molecule has 3 aromatic rings. The monoisotopic (exact) mass is 379 g/mol. The van der Waals surface area contributed by atoms with E-state index < -0.39 is 6.10 Å². The van der Waals surface area contributed by atoms with Crippen LogP contribution in [0, 0.1) is 6.92 Å². The van der Waals surface area contributed by atoms with Gasteiger partial charge in [0, 0.05) is 12.6 Å². The molecule has 146 valence electrons. The maximum atomic E-state index is 12.7. The number of rotatable bonds is 7. The van der Waals surface area contributed by atoms with Gasteiger partial charge in [-0.15, -0.1) is 0 Å². The smallest absolute Gasteiger partial charge is 0.263 e. The zero-order valence-corrected chi connectivity index (χ0v) is 16.7. The van der Waals surface area contributed by atoms with Crippen LogP contribution in [-0.4, -0.2) is 34.1 Å². The van der Waals surface area contributed by atoms with Gasteiger partial charge in [0.05, 0.1) is 6.54 Å². The number of likely N-dealkylation sites (N-methyl/N-ethyl adjacent to an activating group) is 1. The molecule has 1 aromatic heterocycles. The fourth-order valence-electron chi connectivity index (χ4n) is 2.96. The van der Waals surface area contributed by atoms with Gasteiger partial charge in [-0.3, -0.25) is 4.79 Å². The normalized spacial score (nSPS) is 11.9. The van der Waals surface area contributed by atoms with Crippen molar-refractivity contribution < 1.29 is 14.1 Å². The highest BCUT2D eigenvalue weighted by Crippen LogP contribution is 2.21. The Bertz CT molecular complexity index is 951. The maximum Gasteiger partial charge on any atom is 0.263 e. The molecule has 6 nitrogen and oxygen atoms in total. The van der Waals surface area contributed by atoms with Crippen LogP contribution in [0.3, 0.4) is 0 Å². The van der Waals surface area contributed by atoms with E-state index in [4.69, 9.17) is 9.26 Å². The highest BCUT2D eigenvalue weighted by Gasteiger charge is 2.22. The fourth-order valence-corrected chi connectivity index (χ4v) is 2.96. The molecular weight excluding hydrogens is 354 g/mol. The Morgan fingerprint density at radius 2 is 2.00 bits per heavy atom. The minimum Gasteiger partial charge on any atom is -0.481 e. The Morgan fingerprint density at radius 3 is 2.75 bits per heavy atom. The summed E-state index contributed by atoms with van der Waals surface area (Å²) >= 11 is 0. The largest absolute Gasteiger partial charge is 0.481 e. The van der Waals surface area contributed by atoms with Gasteiger partial charge in [-0.25, -0.2) is 0 Å². The zero-order valence-electron chi connectivity index (χ0n) is 16.7. The lowest BCUT2D eigenvalue weighted by molar-refractivity contribution is -0.137. The van der Waals surface area contributed by atoms with E-state index in [2.05, 4.69) is 17.1 Å². The number of aryl methyl sites for hydroxylation is 2. The highest BCUT2D eigenvalue weighted by atomic mass is 16.5. The van der Waals surface area contributed by atoms with Gasteiger partial charge in [0.1, 0.15) is 5.75 Å². The molecule has 0 bridgehead atoms. The van der Waals surface area contributed by atoms with Crippen molar-refractivity contribution >= 4 is 5.91 Å². The lowest BCUT2D eigenvalue weighted by atomic mass is 10.1. The standard InChI is InChI=1S/C22H25N3O3/c1-5-17-10-6-7-12-19(17)27-16(3)22(26)25(4)14-20-23-21(24-28-20)18-11-8-9-15(2)13-18/h6-13,16H,5,14H2,1-4H3. The predicted molar refractivity (Wildman–Crippen MR) is 107 cm³/mol. The first-order chi connectivity index (χ1) is 13.5. The van der Waals surface area contributed by atoms with Gasteiger partial charge in [0.15, 0.2) is 6.10 Å². The van der Waals surface area contributed by atoms with E-state index in [-0.39, 0.29) is 12.5 Å². The molecule has 0 N–H and O–H groups in total. The van der Waals surface area contributed by atoms with Gasteiger partial charge < -0.3 is 14.2 Å². The number of aromatic nitrogens is 2. The summed E-state index contributed by atoms with van der Waals surface area (Å²) in [5, 5.41) is 4.02. The van der Waals surface area contributed by atoms with Crippen LogP contribution in [0.5, 0.6) is 5.75 Å². The molecule has 6 heteroatoms. The summed E-state index contributed by atoms with van der Waals surface area (Å²) in [5.41, 5.74) is 3.08. The first-order valence-electron chi connectivity index (χ1n) is 9.37. The lowest BCUT2D eigenvalue weighted by Gasteiger charge is -2.21. The number of nitrogens with zero attached hydrogens (tertiary/aromatic N) is 3. The Balaban J connectivity index is 1.64. The maximum absolute atomic E-state index is 12.7. The summed E-state index contributed by atoms with van der Waals surface area (Å²) in [6.07, 6.45) is 0.230. The Kier molecular flexibility index (Phi) is 6.09. The summed E-state index contributed by atoms with van der Waals surface area (Å²) in [7, 11) is 1.70.